The summed E-state index contributed by atoms with van der Waals surface area (Å²) in [5.41, 5.74) is 1.82. The lowest BCUT2D eigenvalue weighted by atomic mass is 9.98. The second kappa shape index (κ2) is 7.96. The molecular formula is C19H19F3N4O2S. The molecule has 1 aromatic carbocycles. The molecule has 0 saturated carbocycles. The van der Waals surface area contributed by atoms with Crippen LogP contribution in [-0.4, -0.2) is 30.0 Å². The molecule has 1 N–H and O–H groups in total. The lowest BCUT2D eigenvalue weighted by molar-refractivity contribution is -0.141. The number of alkyl halides is 3. The van der Waals surface area contributed by atoms with Gasteiger partial charge in [0.1, 0.15) is 5.69 Å². The summed E-state index contributed by atoms with van der Waals surface area (Å²) in [5.74, 6) is 0. The van der Waals surface area contributed by atoms with Gasteiger partial charge in [0.2, 0.25) is 10.0 Å². The Bertz CT molecular complexity index is 1110. The van der Waals surface area contributed by atoms with Gasteiger partial charge in [-0.05, 0) is 49.2 Å². The minimum absolute atomic E-state index is 0.112. The maximum Gasteiger partial charge on any atom is 0.433 e. The van der Waals surface area contributed by atoms with E-state index in [4.69, 9.17) is 0 Å². The summed E-state index contributed by atoms with van der Waals surface area (Å²) in [6, 6.07) is 7.10. The highest BCUT2D eigenvalue weighted by Crippen LogP contribution is 2.29. The molecule has 0 unspecified atom stereocenters. The molecule has 0 aliphatic rings. The molecule has 6 nitrogen and oxygen atoms in total. The van der Waals surface area contributed by atoms with Crippen LogP contribution in [0.15, 0.2) is 53.9 Å². The number of halogens is 3. The highest BCUT2D eigenvalue weighted by molar-refractivity contribution is 7.89. The van der Waals surface area contributed by atoms with Gasteiger partial charge in [-0.25, -0.2) is 18.1 Å². The second-order valence-electron chi connectivity index (χ2n) is 6.50. The zero-order chi connectivity index (χ0) is 21.2. The largest absolute Gasteiger partial charge is 0.433 e. The molecule has 3 rings (SSSR count). The molecule has 0 aliphatic heterocycles. The van der Waals surface area contributed by atoms with Crippen molar-refractivity contribution in [2.45, 2.75) is 23.9 Å². The van der Waals surface area contributed by atoms with E-state index in [2.05, 4.69) is 14.7 Å². The Labute approximate surface area is 166 Å². The first-order valence-corrected chi connectivity index (χ1v) is 10.2. The number of nitrogens with one attached hydrogen (secondary N) is 1. The van der Waals surface area contributed by atoms with E-state index in [0.717, 1.165) is 11.6 Å². The number of pyridine rings is 1. The third-order valence-corrected chi connectivity index (χ3v) is 5.85. The second-order valence-corrected chi connectivity index (χ2v) is 8.39. The lowest BCUT2D eigenvalue weighted by Crippen LogP contribution is -2.18. The van der Waals surface area contributed by atoms with Crippen molar-refractivity contribution in [3.05, 3.63) is 65.9 Å². The number of nitrogens with zero attached hydrogens (tertiary/aromatic N) is 3. The van der Waals surface area contributed by atoms with Gasteiger partial charge >= 0.3 is 6.18 Å². The fourth-order valence-electron chi connectivity index (χ4n) is 2.87. The standard InChI is InChI=1S/C19H19F3N4O2S/c1-23-29(27,28)15-7-6-14(16(9-15)17-11-26(2)12-25-17)5-3-13-4-8-18(24-10-13)19(20,21)22/h4,6-12,23H,3,5H2,1-2H3. The molecule has 0 saturated heterocycles. The molecule has 0 amide bonds. The highest BCUT2D eigenvalue weighted by Gasteiger charge is 2.32. The van der Waals surface area contributed by atoms with Gasteiger partial charge in [0.05, 0.1) is 16.9 Å². The summed E-state index contributed by atoms with van der Waals surface area (Å²) in [5, 5.41) is 0. The number of hydrogen-bond acceptors (Lipinski definition) is 4. The van der Waals surface area contributed by atoms with E-state index in [1.807, 2.05) is 0 Å². The van der Waals surface area contributed by atoms with Crippen LogP contribution in [0.25, 0.3) is 11.3 Å². The van der Waals surface area contributed by atoms with Crippen LogP contribution in [0.5, 0.6) is 0 Å². The molecular weight excluding hydrogens is 405 g/mol. The van der Waals surface area contributed by atoms with Crippen molar-refractivity contribution in [3.63, 3.8) is 0 Å². The molecule has 3 aromatic rings. The number of rotatable bonds is 6. The maximum atomic E-state index is 12.7. The van der Waals surface area contributed by atoms with Crippen molar-refractivity contribution >= 4 is 10.0 Å². The molecule has 0 radical (unpaired) electrons. The zero-order valence-corrected chi connectivity index (χ0v) is 16.5. The van der Waals surface area contributed by atoms with E-state index in [0.29, 0.717) is 29.7 Å². The zero-order valence-electron chi connectivity index (χ0n) is 15.7. The van der Waals surface area contributed by atoms with Crippen LogP contribution in [-0.2, 0) is 36.1 Å². The first kappa shape index (κ1) is 21.0. The van der Waals surface area contributed by atoms with Crippen molar-refractivity contribution < 1.29 is 21.6 Å². The van der Waals surface area contributed by atoms with Gasteiger partial charge in [-0.2, -0.15) is 13.2 Å². The average molecular weight is 424 g/mol. The molecule has 154 valence electrons. The van der Waals surface area contributed by atoms with Gasteiger partial charge in [0, 0.05) is 25.0 Å². The Morgan fingerprint density at radius 3 is 2.41 bits per heavy atom. The predicted octanol–water partition coefficient (Wildman–Crippen LogP) is 3.19. The van der Waals surface area contributed by atoms with E-state index in [1.165, 1.54) is 25.4 Å². The van der Waals surface area contributed by atoms with Crippen LogP contribution in [0.2, 0.25) is 0 Å². The van der Waals surface area contributed by atoms with Gasteiger partial charge in [-0.15, -0.1) is 0 Å². The summed E-state index contributed by atoms with van der Waals surface area (Å²) >= 11 is 0. The number of hydrogen-bond donors (Lipinski definition) is 1. The number of aromatic nitrogens is 3. The minimum atomic E-state index is -4.47. The third-order valence-electron chi connectivity index (χ3n) is 4.44. The van der Waals surface area contributed by atoms with Crippen molar-refractivity contribution in [2.75, 3.05) is 7.05 Å². The fraction of sp³-hybridized carbons (Fsp3) is 0.263. The Morgan fingerprint density at radius 2 is 1.86 bits per heavy atom. The molecule has 2 heterocycles. The monoisotopic (exact) mass is 424 g/mol. The molecule has 2 aromatic heterocycles. The lowest BCUT2D eigenvalue weighted by Gasteiger charge is -2.11. The summed E-state index contributed by atoms with van der Waals surface area (Å²) < 4.78 is 66.3. The average Bonchev–Trinajstić information content (AvgIpc) is 3.12. The van der Waals surface area contributed by atoms with Crippen LogP contribution in [0, 0.1) is 0 Å². The molecule has 0 spiro atoms. The Kier molecular flexibility index (Phi) is 5.76. The van der Waals surface area contributed by atoms with Crippen LogP contribution >= 0.6 is 0 Å². The van der Waals surface area contributed by atoms with Crippen molar-refractivity contribution in [2.24, 2.45) is 7.05 Å². The maximum absolute atomic E-state index is 12.7. The number of imidazole rings is 1. The van der Waals surface area contributed by atoms with E-state index in [1.54, 1.807) is 36.3 Å². The number of aryl methyl sites for hydroxylation is 3. The molecule has 29 heavy (non-hydrogen) atoms. The summed E-state index contributed by atoms with van der Waals surface area (Å²) in [6.07, 6.45) is 1.05. The molecule has 0 bridgehead atoms. The summed E-state index contributed by atoms with van der Waals surface area (Å²) in [4.78, 5) is 7.89. The van der Waals surface area contributed by atoms with Gasteiger partial charge < -0.3 is 4.57 Å². The Balaban J connectivity index is 1.90. The molecule has 0 fully saturated rings. The van der Waals surface area contributed by atoms with E-state index in [9.17, 15) is 21.6 Å². The fourth-order valence-corrected chi connectivity index (χ4v) is 3.62. The molecule has 0 aliphatic carbocycles. The minimum Gasteiger partial charge on any atom is -0.340 e. The first-order valence-electron chi connectivity index (χ1n) is 8.67. The van der Waals surface area contributed by atoms with E-state index in [-0.39, 0.29) is 4.90 Å². The van der Waals surface area contributed by atoms with E-state index < -0.39 is 21.9 Å². The molecule has 10 heteroatoms. The quantitative estimate of drug-likeness (QED) is 0.659. The first-order chi connectivity index (χ1) is 13.6. The SMILES string of the molecule is CNS(=O)(=O)c1ccc(CCc2ccc(C(F)(F)F)nc2)c(-c2cn(C)cn2)c1. The van der Waals surface area contributed by atoms with Crippen molar-refractivity contribution in [1.82, 2.24) is 19.3 Å². The van der Waals surface area contributed by atoms with Crippen LogP contribution < -0.4 is 4.72 Å². The van der Waals surface area contributed by atoms with Crippen LogP contribution in [0.4, 0.5) is 13.2 Å². The smallest absolute Gasteiger partial charge is 0.340 e. The van der Waals surface area contributed by atoms with Crippen LogP contribution in [0.3, 0.4) is 0 Å². The summed E-state index contributed by atoms with van der Waals surface area (Å²) in [7, 11) is -0.487. The Hall–Kier alpha value is -2.72. The third kappa shape index (κ3) is 4.83. The van der Waals surface area contributed by atoms with Crippen molar-refractivity contribution in [3.8, 4) is 11.3 Å². The van der Waals surface area contributed by atoms with E-state index >= 15 is 0 Å². The highest BCUT2D eigenvalue weighted by atomic mass is 32.2. The summed E-state index contributed by atoms with van der Waals surface area (Å²) in [6.45, 7) is 0. The topological polar surface area (TPSA) is 76.9 Å². The number of sulfonamides is 1. The van der Waals surface area contributed by atoms with Gasteiger partial charge in [0.15, 0.2) is 0 Å². The van der Waals surface area contributed by atoms with Crippen LogP contribution in [0.1, 0.15) is 16.8 Å². The predicted molar refractivity (Wildman–Crippen MR) is 102 cm³/mol. The normalized spacial score (nSPS) is 12.3. The Morgan fingerprint density at radius 1 is 1.10 bits per heavy atom. The van der Waals surface area contributed by atoms with Gasteiger partial charge in [-0.1, -0.05) is 12.1 Å². The number of benzene rings is 1. The van der Waals surface area contributed by atoms with Gasteiger partial charge in [0.25, 0.3) is 0 Å². The van der Waals surface area contributed by atoms with Gasteiger partial charge in [-0.3, -0.25) is 4.98 Å². The molecule has 0 atom stereocenters. The van der Waals surface area contributed by atoms with Crippen molar-refractivity contribution in [1.29, 1.82) is 0 Å².